The Morgan fingerprint density at radius 3 is 2.17 bits per heavy atom. The van der Waals surface area contributed by atoms with Crippen LogP contribution in [0.4, 0.5) is 0 Å². The third kappa shape index (κ3) is 7.28. The molecule has 0 aliphatic rings. The summed E-state index contributed by atoms with van der Waals surface area (Å²) in [5, 5.41) is 18.5. The van der Waals surface area contributed by atoms with Crippen molar-refractivity contribution in [1.82, 2.24) is 0 Å². The third-order valence-corrected chi connectivity index (χ3v) is 3.41. The molecule has 0 aromatic rings. The lowest BCUT2D eigenvalue weighted by molar-refractivity contribution is 0.194. The van der Waals surface area contributed by atoms with Crippen LogP contribution in [0.3, 0.4) is 0 Å². The summed E-state index contributed by atoms with van der Waals surface area (Å²) in [7, 11) is 0. The fourth-order valence-electron chi connectivity index (χ4n) is 0.698. The van der Waals surface area contributed by atoms with Crippen LogP contribution >= 0.6 is 23.5 Å². The average Bonchev–Trinajstić information content (AvgIpc) is 2.04. The molecule has 0 saturated carbocycles. The predicted molar refractivity (Wildman–Crippen MR) is 58.0 cm³/mol. The lowest BCUT2D eigenvalue weighted by atomic mass is 10.3. The molecule has 0 rings (SSSR count). The molecule has 4 heteroatoms. The van der Waals surface area contributed by atoms with E-state index in [0.717, 1.165) is 23.7 Å². The summed E-state index contributed by atoms with van der Waals surface area (Å²) < 4.78 is 0. The van der Waals surface area contributed by atoms with Crippen molar-refractivity contribution in [3.63, 3.8) is 0 Å². The van der Waals surface area contributed by atoms with Gasteiger partial charge in [-0.3, -0.25) is 0 Å². The first-order valence-electron chi connectivity index (χ1n) is 4.13. The van der Waals surface area contributed by atoms with Crippen molar-refractivity contribution in [2.75, 3.05) is 23.5 Å². The molecule has 0 saturated heterocycles. The Kier molecular flexibility index (Phi) is 8.65. The van der Waals surface area contributed by atoms with Gasteiger partial charge in [-0.05, 0) is 12.7 Å². The molecule has 2 atom stereocenters. The summed E-state index contributed by atoms with van der Waals surface area (Å²) in [6.07, 6.45) is 2.34. The van der Waals surface area contributed by atoms with Crippen molar-refractivity contribution in [3.05, 3.63) is 0 Å². The van der Waals surface area contributed by atoms with Gasteiger partial charge in [0.15, 0.2) is 0 Å². The Bertz CT molecular complexity index is 101. The number of thioether (sulfide) groups is 2. The summed E-state index contributed by atoms with van der Waals surface area (Å²) in [4.78, 5) is 0. The van der Waals surface area contributed by atoms with E-state index in [9.17, 15) is 10.2 Å². The van der Waals surface area contributed by atoms with E-state index in [1.807, 2.05) is 13.2 Å². The SMILES string of the molecule is CCC(O)CSCC(O)CSC. The van der Waals surface area contributed by atoms with Crippen LogP contribution in [0.15, 0.2) is 0 Å². The van der Waals surface area contributed by atoms with Crippen LogP contribution in [-0.4, -0.2) is 45.9 Å². The van der Waals surface area contributed by atoms with Gasteiger partial charge in [0.05, 0.1) is 12.2 Å². The molecule has 0 aromatic heterocycles. The lowest BCUT2D eigenvalue weighted by Gasteiger charge is -2.10. The largest absolute Gasteiger partial charge is 0.392 e. The van der Waals surface area contributed by atoms with Crippen molar-refractivity contribution >= 4 is 23.5 Å². The second kappa shape index (κ2) is 8.23. The normalized spacial score (nSPS) is 16.0. The highest BCUT2D eigenvalue weighted by Crippen LogP contribution is 2.09. The van der Waals surface area contributed by atoms with E-state index >= 15 is 0 Å². The molecule has 0 aliphatic carbocycles. The van der Waals surface area contributed by atoms with Gasteiger partial charge in [0.2, 0.25) is 0 Å². The molecule has 12 heavy (non-hydrogen) atoms. The molecule has 0 spiro atoms. The second-order valence-corrected chi connectivity index (χ2v) is 4.69. The van der Waals surface area contributed by atoms with E-state index in [0.29, 0.717) is 0 Å². The molecule has 0 radical (unpaired) electrons. The molecule has 2 N–H and O–H groups in total. The smallest absolute Gasteiger partial charge is 0.0720 e. The van der Waals surface area contributed by atoms with Gasteiger partial charge in [-0.15, -0.1) is 0 Å². The number of aliphatic hydroxyl groups excluding tert-OH is 2. The maximum atomic E-state index is 9.31. The van der Waals surface area contributed by atoms with Gasteiger partial charge in [-0.2, -0.15) is 23.5 Å². The van der Waals surface area contributed by atoms with Crippen molar-refractivity contribution in [2.45, 2.75) is 25.6 Å². The highest BCUT2D eigenvalue weighted by molar-refractivity contribution is 7.99. The predicted octanol–water partition coefficient (Wildman–Crippen LogP) is 1.21. The minimum absolute atomic E-state index is 0.212. The van der Waals surface area contributed by atoms with Crippen molar-refractivity contribution in [3.8, 4) is 0 Å². The Hall–Kier alpha value is 0.620. The van der Waals surface area contributed by atoms with Crippen LogP contribution in [0.1, 0.15) is 13.3 Å². The van der Waals surface area contributed by atoms with Gasteiger partial charge in [0, 0.05) is 17.3 Å². The third-order valence-electron chi connectivity index (χ3n) is 1.45. The van der Waals surface area contributed by atoms with Gasteiger partial charge in [0.25, 0.3) is 0 Å². The first-order chi connectivity index (χ1) is 5.70. The van der Waals surface area contributed by atoms with Crippen LogP contribution in [-0.2, 0) is 0 Å². The second-order valence-electron chi connectivity index (χ2n) is 2.71. The molecular formula is C8H18O2S2. The zero-order valence-electron chi connectivity index (χ0n) is 7.69. The fraction of sp³-hybridized carbons (Fsp3) is 1.00. The van der Waals surface area contributed by atoms with Crippen LogP contribution in [0.25, 0.3) is 0 Å². The van der Waals surface area contributed by atoms with Gasteiger partial charge >= 0.3 is 0 Å². The molecule has 2 unspecified atom stereocenters. The highest BCUT2D eigenvalue weighted by atomic mass is 32.2. The van der Waals surface area contributed by atoms with Crippen LogP contribution in [0.5, 0.6) is 0 Å². The Balaban J connectivity index is 3.18. The first kappa shape index (κ1) is 12.6. The van der Waals surface area contributed by atoms with Gasteiger partial charge in [0.1, 0.15) is 0 Å². The maximum Gasteiger partial charge on any atom is 0.0720 e. The molecule has 0 bridgehead atoms. The molecule has 2 nitrogen and oxygen atoms in total. The molecule has 74 valence electrons. The summed E-state index contributed by atoms with van der Waals surface area (Å²) in [5.41, 5.74) is 0. The lowest BCUT2D eigenvalue weighted by Crippen LogP contribution is -2.16. The number of hydrogen-bond donors (Lipinski definition) is 2. The molecular weight excluding hydrogens is 192 g/mol. The first-order valence-corrected chi connectivity index (χ1v) is 6.68. The molecule has 0 fully saturated rings. The number of aliphatic hydroxyl groups is 2. The Morgan fingerprint density at radius 1 is 1.08 bits per heavy atom. The monoisotopic (exact) mass is 210 g/mol. The maximum absolute atomic E-state index is 9.31. The summed E-state index contributed by atoms with van der Waals surface area (Å²) >= 11 is 3.27. The van der Waals surface area contributed by atoms with Gasteiger partial charge < -0.3 is 10.2 Å². The number of hydrogen-bond acceptors (Lipinski definition) is 4. The highest BCUT2D eigenvalue weighted by Gasteiger charge is 2.05. The van der Waals surface area contributed by atoms with Crippen LogP contribution in [0, 0.1) is 0 Å². The van der Waals surface area contributed by atoms with Crippen molar-refractivity contribution < 1.29 is 10.2 Å². The minimum Gasteiger partial charge on any atom is -0.392 e. The average molecular weight is 210 g/mol. The molecule has 0 aromatic carbocycles. The van der Waals surface area contributed by atoms with Crippen molar-refractivity contribution in [1.29, 1.82) is 0 Å². The topological polar surface area (TPSA) is 40.5 Å². The van der Waals surface area contributed by atoms with E-state index in [2.05, 4.69) is 0 Å². The Morgan fingerprint density at radius 2 is 1.67 bits per heavy atom. The molecule has 0 aliphatic heterocycles. The van der Waals surface area contributed by atoms with E-state index in [4.69, 9.17) is 0 Å². The van der Waals surface area contributed by atoms with Crippen LogP contribution < -0.4 is 0 Å². The van der Waals surface area contributed by atoms with Gasteiger partial charge in [-0.25, -0.2) is 0 Å². The minimum atomic E-state index is -0.228. The number of rotatable bonds is 7. The van der Waals surface area contributed by atoms with Gasteiger partial charge in [-0.1, -0.05) is 6.92 Å². The summed E-state index contributed by atoms with van der Waals surface area (Å²) in [5.74, 6) is 2.26. The molecule has 0 amide bonds. The fourth-order valence-corrected chi connectivity index (χ4v) is 2.38. The summed E-state index contributed by atoms with van der Waals surface area (Å²) in [6.45, 7) is 1.96. The zero-order valence-corrected chi connectivity index (χ0v) is 9.33. The zero-order chi connectivity index (χ0) is 9.40. The summed E-state index contributed by atoms with van der Waals surface area (Å²) in [6, 6.07) is 0. The van der Waals surface area contributed by atoms with Crippen molar-refractivity contribution in [2.24, 2.45) is 0 Å². The van der Waals surface area contributed by atoms with E-state index in [1.165, 1.54) is 0 Å². The molecule has 0 heterocycles. The van der Waals surface area contributed by atoms with Crippen LogP contribution in [0.2, 0.25) is 0 Å². The standard InChI is InChI=1S/C8H18O2S2/c1-3-7(9)5-12-6-8(10)4-11-2/h7-10H,3-6H2,1-2H3. The quantitative estimate of drug-likeness (QED) is 0.663. The van der Waals surface area contributed by atoms with E-state index < -0.39 is 0 Å². The van der Waals surface area contributed by atoms with E-state index in [1.54, 1.807) is 23.5 Å². The Labute approximate surface area is 83.1 Å². The van der Waals surface area contributed by atoms with E-state index in [-0.39, 0.29) is 12.2 Å².